The van der Waals surface area contributed by atoms with Gasteiger partial charge in [-0.05, 0) is 24.3 Å². The highest BCUT2D eigenvalue weighted by Gasteiger charge is 2.10. The van der Waals surface area contributed by atoms with Gasteiger partial charge in [0.1, 0.15) is 17.2 Å². The molecule has 0 bridgehead atoms. The fraction of sp³-hybridized carbons (Fsp3) is 0.0588. The predicted octanol–water partition coefficient (Wildman–Crippen LogP) is 4.88. The van der Waals surface area contributed by atoms with Crippen LogP contribution < -0.4 is 15.2 Å². The van der Waals surface area contributed by atoms with Crippen molar-refractivity contribution in [1.82, 2.24) is 0 Å². The molecule has 21 heavy (non-hydrogen) atoms. The number of para-hydroxylation sites is 1. The van der Waals surface area contributed by atoms with Gasteiger partial charge in [0.25, 0.3) is 0 Å². The molecule has 0 fully saturated rings. The zero-order valence-electron chi connectivity index (χ0n) is 11.5. The van der Waals surface area contributed by atoms with Gasteiger partial charge in [-0.3, -0.25) is 0 Å². The molecule has 3 aromatic carbocycles. The average Bonchev–Trinajstić information content (AvgIpc) is 2.52. The highest BCUT2D eigenvalue weighted by Crippen LogP contribution is 2.38. The number of hydrogen-bond acceptors (Lipinski definition) is 3. The van der Waals surface area contributed by atoms with Crippen molar-refractivity contribution in [2.45, 2.75) is 0 Å². The number of benzene rings is 3. The molecule has 106 valence electrons. The molecule has 3 aromatic rings. The lowest BCUT2D eigenvalue weighted by molar-refractivity contribution is 0.412. The van der Waals surface area contributed by atoms with Crippen LogP contribution in [0.5, 0.6) is 17.2 Å². The first-order valence-electron chi connectivity index (χ1n) is 6.48. The number of nitrogens with two attached hydrogens (primary N) is 1. The predicted molar refractivity (Wildman–Crippen MR) is 86.4 cm³/mol. The van der Waals surface area contributed by atoms with Gasteiger partial charge in [-0.2, -0.15) is 0 Å². The second-order valence-electron chi connectivity index (χ2n) is 4.57. The lowest BCUT2D eigenvalue weighted by atomic mass is 10.1. The number of fused-ring (bicyclic) bond motifs is 1. The van der Waals surface area contributed by atoms with Crippen molar-refractivity contribution < 1.29 is 9.47 Å². The topological polar surface area (TPSA) is 44.5 Å². The third-order valence-electron chi connectivity index (χ3n) is 3.30. The van der Waals surface area contributed by atoms with E-state index in [0.29, 0.717) is 28.0 Å². The highest BCUT2D eigenvalue weighted by atomic mass is 35.5. The van der Waals surface area contributed by atoms with Crippen LogP contribution in [0.1, 0.15) is 0 Å². The molecule has 3 rings (SSSR count). The summed E-state index contributed by atoms with van der Waals surface area (Å²) < 4.78 is 11.2. The molecule has 3 nitrogen and oxygen atoms in total. The van der Waals surface area contributed by atoms with Crippen LogP contribution >= 0.6 is 11.6 Å². The molecule has 0 heterocycles. The zero-order valence-corrected chi connectivity index (χ0v) is 12.2. The Morgan fingerprint density at radius 3 is 2.29 bits per heavy atom. The van der Waals surface area contributed by atoms with Crippen molar-refractivity contribution in [3.05, 3.63) is 59.6 Å². The van der Waals surface area contributed by atoms with Gasteiger partial charge in [0.15, 0.2) is 5.75 Å². The molecule has 0 radical (unpaired) electrons. The van der Waals surface area contributed by atoms with Gasteiger partial charge in [0.2, 0.25) is 0 Å². The molecular weight excluding hydrogens is 286 g/mol. The Morgan fingerprint density at radius 1 is 0.810 bits per heavy atom. The Bertz CT molecular complexity index is 802. The molecule has 4 heteroatoms. The van der Waals surface area contributed by atoms with Crippen LogP contribution in [-0.4, -0.2) is 7.11 Å². The largest absolute Gasteiger partial charge is 0.494 e. The summed E-state index contributed by atoms with van der Waals surface area (Å²) >= 11 is 6.21. The number of nitrogen functional groups attached to an aromatic ring is 1. The van der Waals surface area contributed by atoms with E-state index in [-0.39, 0.29) is 0 Å². The Balaban J connectivity index is 2.09. The van der Waals surface area contributed by atoms with E-state index in [1.165, 1.54) is 0 Å². The third kappa shape index (κ3) is 2.48. The van der Waals surface area contributed by atoms with Gasteiger partial charge in [-0.15, -0.1) is 0 Å². The van der Waals surface area contributed by atoms with E-state index in [0.717, 1.165) is 10.8 Å². The minimum atomic E-state index is 0.471. The van der Waals surface area contributed by atoms with Crippen LogP contribution in [0.2, 0.25) is 5.02 Å². The quantitative estimate of drug-likeness (QED) is 0.701. The van der Waals surface area contributed by atoms with E-state index >= 15 is 0 Å². The van der Waals surface area contributed by atoms with E-state index in [4.69, 9.17) is 26.8 Å². The van der Waals surface area contributed by atoms with Gasteiger partial charge >= 0.3 is 0 Å². The molecule has 0 saturated heterocycles. The van der Waals surface area contributed by atoms with Crippen molar-refractivity contribution in [1.29, 1.82) is 0 Å². The minimum absolute atomic E-state index is 0.471. The van der Waals surface area contributed by atoms with E-state index in [1.54, 1.807) is 19.2 Å². The summed E-state index contributed by atoms with van der Waals surface area (Å²) in [4.78, 5) is 0. The molecule has 2 N–H and O–H groups in total. The van der Waals surface area contributed by atoms with Crippen LogP contribution in [0.4, 0.5) is 5.69 Å². The monoisotopic (exact) mass is 299 g/mol. The zero-order chi connectivity index (χ0) is 14.8. The van der Waals surface area contributed by atoms with Crippen LogP contribution in [0, 0.1) is 0 Å². The second-order valence-corrected chi connectivity index (χ2v) is 4.97. The lowest BCUT2D eigenvalue weighted by Gasteiger charge is -2.13. The van der Waals surface area contributed by atoms with Crippen molar-refractivity contribution in [2.75, 3.05) is 12.8 Å². The molecule has 0 atom stereocenters. The van der Waals surface area contributed by atoms with Gasteiger partial charge < -0.3 is 15.2 Å². The van der Waals surface area contributed by atoms with Gasteiger partial charge in [0.05, 0.1) is 7.11 Å². The van der Waals surface area contributed by atoms with Crippen LogP contribution in [0.25, 0.3) is 10.8 Å². The highest BCUT2D eigenvalue weighted by molar-refractivity contribution is 6.35. The molecule has 0 saturated carbocycles. The summed E-state index contributed by atoms with van der Waals surface area (Å²) in [6, 6.07) is 16.9. The normalized spacial score (nSPS) is 10.6. The first kappa shape index (κ1) is 13.6. The Morgan fingerprint density at radius 2 is 1.52 bits per heavy atom. The molecule has 0 unspecified atom stereocenters. The van der Waals surface area contributed by atoms with E-state index in [2.05, 4.69) is 0 Å². The van der Waals surface area contributed by atoms with Gasteiger partial charge in [-0.1, -0.05) is 41.9 Å². The first-order chi connectivity index (χ1) is 10.2. The maximum Gasteiger partial charge on any atom is 0.154 e. The fourth-order valence-electron chi connectivity index (χ4n) is 2.23. The summed E-state index contributed by atoms with van der Waals surface area (Å²) in [5.41, 5.74) is 6.51. The average molecular weight is 300 g/mol. The van der Waals surface area contributed by atoms with Crippen molar-refractivity contribution in [3.63, 3.8) is 0 Å². The Labute approximate surface area is 127 Å². The standard InChI is InChI=1S/C17H14ClNO2/c1-20-15-7-4-8-16(17(15)19)21-14-10-9-13(18)11-5-2-3-6-12(11)14/h2-10H,19H2,1H3. The van der Waals surface area contributed by atoms with Crippen LogP contribution in [0.15, 0.2) is 54.6 Å². The van der Waals surface area contributed by atoms with Gasteiger partial charge in [0, 0.05) is 15.8 Å². The smallest absolute Gasteiger partial charge is 0.154 e. The number of ether oxygens (including phenoxy) is 2. The number of methoxy groups -OCH3 is 1. The molecule has 0 spiro atoms. The van der Waals surface area contributed by atoms with Crippen molar-refractivity contribution >= 4 is 28.1 Å². The summed E-state index contributed by atoms with van der Waals surface area (Å²) in [6.45, 7) is 0. The summed E-state index contributed by atoms with van der Waals surface area (Å²) in [5, 5.41) is 2.57. The maximum atomic E-state index is 6.21. The third-order valence-corrected chi connectivity index (χ3v) is 3.63. The van der Waals surface area contributed by atoms with Crippen molar-refractivity contribution in [3.8, 4) is 17.2 Å². The fourth-order valence-corrected chi connectivity index (χ4v) is 2.46. The van der Waals surface area contributed by atoms with E-state index < -0.39 is 0 Å². The molecule has 0 aliphatic rings. The SMILES string of the molecule is COc1cccc(Oc2ccc(Cl)c3ccccc23)c1N. The molecule has 0 amide bonds. The van der Waals surface area contributed by atoms with Crippen LogP contribution in [-0.2, 0) is 0 Å². The van der Waals surface area contributed by atoms with Crippen molar-refractivity contribution in [2.24, 2.45) is 0 Å². The summed E-state index contributed by atoms with van der Waals surface area (Å²) in [6.07, 6.45) is 0. The summed E-state index contributed by atoms with van der Waals surface area (Å²) in [7, 11) is 1.58. The van der Waals surface area contributed by atoms with E-state index in [9.17, 15) is 0 Å². The summed E-state index contributed by atoms with van der Waals surface area (Å²) in [5.74, 6) is 1.85. The molecule has 0 aliphatic carbocycles. The Kier molecular flexibility index (Phi) is 3.59. The number of hydrogen-bond donors (Lipinski definition) is 1. The molecular formula is C17H14ClNO2. The molecule has 0 aliphatic heterocycles. The lowest BCUT2D eigenvalue weighted by Crippen LogP contribution is -1.96. The van der Waals surface area contributed by atoms with Gasteiger partial charge in [-0.25, -0.2) is 0 Å². The number of anilines is 1. The van der Waals surface area contributed by atoms with E-state index in [1.807, 2.05) is 42.5 Å². The Hall–Kier alpha value is -2.39. The molecule has 0 aromatic heterocycles. The maximum absolute atomic E-state index is 6.21. The number of rotatable bonds is 3. The minimum Gasteiger partial charge on any atom is -0.494 e. The first-order valence-corrected chi connectivity index (χ1v) is 6.86. The number of halogens is 1. The van der Waals surface area contributed by atoms with Crippen LogP contribution in [0.3, 0.4) is 0 Å². The second kappa shape index (κ2) is 5.54.